The van der Waals surface area contributed by atoms with Gasteiger partial charge in [0, 0.05) is 19.5 Å². The highest BCUT2D eigenvalue weighted by atomic mass is 16.6. The van der Waals surface area contributed by atoms with E-state index in [4.69, 9.17) is 10.5 Å². The molecular formula is C14H21N3O4. The fourth-order valence-corrected chi connectivity index (χ4v) is 4.15. The highest BCUT2D eigenvalue weighted by Crippen LogP contribution is 2.42. The molecule has 0 bridgehead atoms. The summed E-state index contributed by atoms with van der Waals surface area (Å²) in [6.07, 6.45) is 2.05. The van der Waals surface area contributed by atoms with Crippen molar-refractivity contribution in [3.05, 3.63) is 0 Å². The van der Waals surface area contributed by atoms with Crippen molar-refractivity contribution in [1.82, 2.24) is 9.80 Å². The molecule has 0 aromatic rings. The number of nitrogens with two attached hydrogens (primary N) is 1. The molecule has 7 heteroatoms. The third-order valence-electron chi connectivity index (χ3n) is 4.89. The van der Waals surface area contributed by atoms with E-state index in [1.54, 1.807) is 16.7 Å². The monoisotopic (exact) mass is 295 g/mol. The standard InChI is InChI=1S/C14H21N3O4/c1-9(21-13(15)20)8-14-5-3-7-17(14)11(18)10-4-2-6-16(10)12(14)19/h9-10H,2-8H2,1H3,(H2,15,20)/t9-,10-,14-/m0/s1. The molecule has 7 nitrogen and oxygen atoms in total. The van der Waals surface area contributed by atoms with Gasteiger partial charge in [0.1, 0.15) is 17.7 Å². The van der Waals surface area contributed by atoms with Crippen LogP contribution in [0.3, 0.4) is 0 Å². The molecule has 0 saturated carbocycles. The Balaban J connectivity index is 1.88. The zero-order chi connectivity index (χ0) is 15.2. The molecule has 0 aromatic carbocycles. The van der Waals surface area contributed by atoms with Crippen LogP contribution in [0.1, 0.15) is 39.0 Å². The summed E-state index contributed by atoms with van der Waals surface area (Å²) in [6.45, 7) is 2.97. The van der Waals surface area contributed by atoms with Crippen LogP contribution in [-0.2, 0) is 14.3 Å². The lowest BCUT2D eigenvalue weighted by Crippen LogP contribution is -2.68. The van der Waals surface area contributed by atoms with E-state index in [-0.39, 0.29) is 17.9 Å². The highest BCUT2D eigenvalue weighted by molar-refractivity contribution is 6.00. The molecule has 3 amide bonds. The van der Waals surface area contributed by atoms with Crippen molar-refractivity contribution in [2.24, 2.45) is 5.73 Å². The summed E-state index contributed by atoms with van der Waals surface area (Å²) in [4.78, 5) is 39.9. The summed E-state index contributed by atoms with van der Waals surface area (Å²) in [5.74, 6) is 0.0675. The Labute approximate surface area is 123 Å². The first-order valence-corrected chi connectivity index (χ1v) is 7.54. The Morgan fingerprint density at radius 3 is 2.90 bits per heavy atom. The molecular weight excluding hydrogens is 274 g/mol. The molecule has 116 valence electrons. The number of hydrogen-bond donors (Lipinski definition) is 1. The average Bonchev–Trinajstić information content (AvgIpc) is 3.02. The molecule has 0 aliphatic carbocycles. The van der Waals surface area contributed by atoms with Gasteiger partial charge in [-0.05, 0) is 32.6 Å². The largest absolute Gasteiger partial charge is 0.447 e. The first-order chi connectivity index (χ1) is 9.95. The minimum absolute atomic E-state index is 0.0158. The van der Waals surface area contributed by atoms with E-state index < -0.39 is 17.7 Å². The molecule has 3 heterocycles. The molecule has 0 radical (unpaired) electrons. The minimum Gasteiger partial charge on any atom is -0.447 e. The lowest BCUT2D eigenvalue weighted by atomic mass is 9.85. The highest BCUT2D eigenvalue weighted by Gasteiger charge is 2.59. The van der Waals surface area contributed by atoms with Gasteiger partial charge in [-0.2, -0.15) is 0 Å². The number of carbonyl (C=O) groups excluding carboxylic acids is 3. The second-order valence-corrected chi connectivity index (χ2v) is 6.23. The van der Waals surface area contributed by atoms with Gasteiger partial charge in [0.2, 0.25) is 11.8 Å². The summed E-state index contributed by atoms with van der Waals surface area (Å²) >= 11 is 0. The second-order valence-electron chi connectivity index (χ2n) is 6.23. The maximum Gasteiger partial charge on any atom is 0.404 e. The Morgan fingerprint density at radius 2 is 2.19 bits per heavy atom. The summed E-state index contributed by atoms with van der Waals surface area (Å²) in [6, 6.07) is -0.281. The smallest absolute Gasteiger partial charge is 0.404 e. The van der Waals surface area contributed by atoms with Crippen LogP contribution >= 0.6 is 0 Å². The van der Waals surface area contributed by atoms with E-state index in [1.807, 2.05) is 0 Å². The van der Waals surface area contributed by atoms with Gasteiger partial charge in [0.05, 0.1) is 0 Å². The van der Waals surface area contributed by atoms with Gasteiger partial charge in [0.25, 0.3) is 0 Å². The van der Waals surface area contributed by atoms with Crippen molar-refractivity contribution in [1.29, 1.82) is 0 Å². The van der Waals surface area contributed by atoms with Crippen molar-refractivity contribution in [2.75, 3.05) is 13.1 Å². The summed E-state index contributed by atoms with van der Waals surface area (Å²) in [5, 5.41) is 0. The molecule has 3 aliphatic rings. The van der Waals surface area contributed by atoms with E-state index in [0.29, 0.717) is 25.9 Å². The maximum absolute atomic E-state index is 12.9. The number of carbonyl (C=O) groups is 3. The van der Waals surface area contributed by atoms with Gasteiger partial charge < -0.3 is 20.3 Å². The van der Waals surface area contributed by atoms with Crippen LogP contribution in [-0.4, -0.2) is 58.5 Å². The number of amides is 3. The molecule has 3 atom stereocenters. The normalized spacial score (nSPS) is 32.9. The summed E-state index contributed by atoms with van der Waals surface area (Å²) < 4.78 is 4.98. The van der Waals surface area contributed by atoms with E-state index in [1.165, 1.54) is 0 Å². The molecule has 3 rings (SSSR count). The Bertz CT molecular complexity index is 495. The van der Waals surface area contributed by atoms with E-state index in [9.17, 15) is 14.4 Å². The van der Waals surface area contributed by atoms with Gasteiger partial charge in [-0.15, -0.1) is 0 Å². The number of ether oxygens (including phenoxy) is 1. The zero-order valence-electron chi connectivity index (χ0n) is 12.2. The van der Waals surface area contributed by atoms with Crippen molar-refractivity contribution in [3.8, 4) is 0 Å². The number of hydrogen-bond acceptors (Lipinski definition) is 4. The average molecular weight is 295 g/mol. The predicted octanol–water partition coefficient (Wildman–Crippen LogP) is 0.226. The van der Waals surface area contributed by atoms with Crippen molar-refractivity contribution in [3.63, 3.8) is 0 Å². The lowest BCUT2D eigenvalue weighted by molar-refractivity contribution is -0.167. The van der Waals surface area contributed by atoms with Crippen LogP contribution < -0.4 is 5.73 Å². The van der Waals surface area contributed by atoms with Crippen LogP contribution in [0.5, 0.6) is 0 Å². The van der Waals surface area contributed by atoms with Gasteiger partial charge in [-0.3, -0.25) is 9.59 Å². The number of fused-ring (bicyclic) bond motifs is 2. The van der Waals surface area contributed by atoms with E-state index in [2.05, 4.69) is 0 Å². The summed E-state index contributed by atoms with van der Waals surface area (Å²) in [5.41, 5.74) is 4.20. The van der Waals surface area contributed by atoms with Crippen molar-refractivity contribution < 1.29 is 19.1 Å². The molecule has 0 unspecified atom stereocenters. The Morgan fingerprint density at radius 1 is 1.43 bits per heavy atom. The van der Waals surface area contributed by atoms with Crippen LogP contribution in [0.2, 0.25) is 0 Å². The number of primary amides is 1. The number of piperazine rings is 1. The third kappa shape index (κ3) is 2.06. The minimum atomic E-state index is -0.850. The van der Waals surface area contributed by atoms with Gasteiger partial charge >= 0.3 is 6.09 Å². The molecule has 3 aliphatic heterocycles. The van der Waals surface area contributed by atoms with Crippen LogP contribution in [0.15, 0.2) is 0 Å². The van der Waals surface area contributed by atoms with E-state index >= 15 is 0 Å². The quantitative estimate of drug-likeness (QED) is 0.806. The molecule has 3 fully saturated rings. The Kier molecular flexibility index (Phi) is 3.30. The van der Waals surface area contributed by atoms with Gasteiger partial charge in [-0.1, -0.05) is 0 Å². The fraction of sp³-hybridized carbons (Fsp3) is 0.786. The zero-order valence-corrected chi connectivity index (χ0v) is 12.2. The molecule has 2 N–H and O–H groups in total. The van der Waals surface area contributed by atoms with Gasteiger partial charge in [0.15, 0.2) is 0 Å². The van der Waals surface area contributed by atoms with E-state index in [0.717, 1.165) is 19.3 Å². The lowest BCUT2D eigenvalue weighted by Gasteiger charge is -2.47. The number of rotatable bonds is 3. The number of nitrogens with zero attached hydrogens (tertiary/aromatic N) is 2. The third-order valence-corrected chi connectivity index (χ3v) is 4.89. The molecule has 21 heavy (non-hydrogen) atoms. The molecule has 0 aromatic heterocycles. The SMILES string of the molecule is C[C@@H](C[C@]12CCCN1C(=O)[C@@H]1CCCN1C2=O)OC(N)=O. The topological polar surface area (TPSA) is 92.9 Å². The fourth-order valence-electron chi connectivity index (χ4n) is 4.15. The van der Waals surface area contributed by atoms with Crippen LogP contribution in [0.4, 0.5) is 4.79 Å². The summed E-state index contributed by atoms with van der Waals surface area (Å²) in [7, 11) is 0. The maximum atomic E-state index is 12.9. The van der Waals surface area contributed by atoms with Crippen LogP contribution in [0.25, 0.3) is 0 Å². The first-order valence-electron chi connectivity index (χ1n) is 7.54. The second kappa shape index (κ2) is 4.89. The van der Waals surface area contributed by atoms with Crippen molar-refractivity contribution >= 4 is 17.9 Å². The van der Waals surface area contributed by atoms with Crippen molar-refractivity contribution in [2.45, 2.75) is 56.7 Å². The first kappa shape index (κ1) is 14.2. The van der Waals surface area contributed by atoms with Gasteiger partial charge in [-0.25, -0.2) is 4.79 Å². The molecule has 0 spiro atoms. The predicted molar refractivity (Wildman–Crippen MR) is 73.2 cm³/mol. The Hall–Kier alpha value is -1.79. The molecule has 3 saturated heterocycles. The van der Waals surface area contributed by atoms with Crippen LogP contribution in [0, 0.1) is 0 Å².